The molecule has 0 bridgehead atoms. The van der Waals surface area contributed by atoms with Crippen molar-refractivity contribution >= 4 is 11.6 Å². The Labute approximate surface area is 111 Å². The van der Waals surface area contributed by atoms with Crippen molar-refractivity contribution < 1.29 is 9.90 Å². The number of anilines is 1. The fourth-order valence-electron chi connectivity index (χ4n) is 1.68. The lowest BCUT2D eigenvalue weighted by atomic mass is 10.3. The molecule has 2 N–H and O–H groups in total. The monoisotopic (exact) mass is 260 g/mol. The van der Waals surface area contributed by atoms with Crippen LogP contribution >= 0.6 is 0 Å². The van der Waals surface area contributed by atoms with Crippen LogP contribution in [0.2, 0.25) is 0 Å². The maximum atomic E-state index is 12.2. The highest BCUT2D eigenvalue weighted by Gasteiger charge is 2.18. The molecule has 1 aromatic carbocycles. The maximum Gasteiger partial charge on any atom is 0.297 e. The van der Waals surface area contributed by atoms with E-state index in [0.717, 1.165) is 12.8 Å². The Kier molecular flexibility index (Phi) is 3.79. The van der Waals surface area contributed by atoms with Crippen LogP contribution in [0.4, 0.5) is 5.69 Å². The first-order valence-corrected chi connectivity index (χ1v) is 6.10. The standard InChI is InChI=1S/C13H16N4O2/c1-3-4-11-14-12(16-15-11)13(19)17(2)9-5-7-10(18)8-6-9/h5-8,18H,3-4H2,1-2H3,(H,14,15,16). The number of benzene rings is 1. The third-order valence-corrected chi connectivity index (χ3v) is 2.75. The topological polar surface area (TPSA) is 82.1 Å². The number of aryl methyl sites for hydroxylation is 1. The average Bonchev–Trinajstić information content (AvgIpc) is 2.87. The minimum Gasteiger partial charge on any atom is -0.508 e. The Morgan fingerprint density at radius 1 is 1.37 bits per heavy atom. The summed E-state index contributed by atoms with van der Waals surface area (Å²) in [6, 6.07) is 6.37. The Morgan fingerprint density at radius 2 is 2.05 bits per heavy atom. The first-order valence-electron chi connectivity index (χ1n) is 6.10. The number of nitrogens with zero attached hydrogens (tertiary/aromatic N) is 3. The summed E-state index contributed by atoms with van der Waals surface area (Å²) in [6.45, 7) is 2.03. The van der Waals surface area contributed by atoms with Crippen molar-refractivity contribution in [2.45, 2.75) is 19.8 Å². The van der Waals surface area contributed by atoms with Crippen LogP contribution in [0.15, 0.2) is 24.3 Å². The van der Waals surface area contributed by atoms with Crippen LogP contribution in [-0.4, -0.2) is 33.2 Å². The van der Waals surface area contributed by atoms with Gasteiger partial charge in [-0.25, -0.2) is 4.98 Å². The van der Waals surface area contributed by atoms with Crippen molar-refractivity contribution in [3.8, 4) is 5.75 Å². The smallest absolute Gasteiger partial charge is 0.297 e. The zero-order valence-corrected chi connectivity index (χ0v) is 10.9. The van der Waals surface area contributed by atoms with Gasteiger partial charge in [0.25, 0.3) is 5.91 Å². The number of phenolic OH excluding ortho intramolecular Hbond substituents is 1. The lowest BCUT2D eigenvalue weighted by Crippen LogP contribution is -2.27. The van der Waals surface area contributed by atoms with Crippen molar-refractivity contribution in [3.63, 3.8) is 0 Å². The van der Waals surface area contributed by atoms with E-state index in [0.29, 0.717) is 11.5 Å². The summed E-state index contributed by atoms with van der Waals surface area (Å²) in [5.74, 6) is 0.737. The van der Waals surface area contributed by atoms with Crippen LogP contribution in [0.25, 0.3) is 0 Å². The molecule has 0 saturated heterocycles. The molecule has 0 aliphatic heterocycles. The quantitative estimate of drug-likeness (QED) is 0.877. The number of carbonyl (C=O) groups excluding carboxylic acids is 1. The Balaban J connectivity index is 2.15. The van der Waals surface area contributed by atoms with Gasteiger partial charge in [0, 0.05) is 19.2 Å². The van der Waals surface area contributed by atoms with E-state index in [4.69, 9.17) is 0 Å². The van der Waals surface area contributed by atoms with Crippen molar-refractivity contribution in [3.05, 3.63) is 35.9 Å². The molecule has 2 rings (SSSR count). The summed E-state index contributed by atoms with van der Waals surface area (Å²) in [6.07, 6.45) is 1.71. The Hall–Kier alpha value is -2.37. The number of hydrogen-bond acceptors (Lipinski definition) is 4. The molecule has 0 atom stereocenters. The number of H-pyrrole nitrogens is 1. The molecule has 2 aromatic rings. The van der Waals surface area contributed by atoms with E-state index in [1.165, 1.54) is 17.0 Å². The predicted octanol–water partition coefficient (Wildman–Crippen LogP) is 1.74. The second-order valence-electron chi connectivity index (χ2n) is 4.24. The van der Waals surface area contributed by atoms with E-state index >= 15 is 0 Å². The molecule has 1 aromatic heterocycles. The van der Waals surface area contributed by atoms with Gasteiger partial charge in [-0.05, 0) is 30.7 Å². The van der Waals surface area contributed by atoms with Gasteiger partial charge in [0.2, 0.25) is 5.82 Å². The van der Waals surface area contributed by atoms with E-state index in [9.17, 15) is 9.90 Å². The van der Waals surface area contributed by atoms with E-state index in [-0.39, 0.29) is 17.5 Å². The number of phenols is 1. The third-order valence-electron chi connectivity index (χ3n) is 2.75. The fourth-order valence-corrected chi connectivity index (χ4v) is 1.68. The summed E-state index contributed by atoms with van der Waals surface area (Å²) in [4.78, 5) is 17.8. The van der Waals surface area contributed by atoms with Crippen molar-refractivity contribution in [1.82, 2.24) is 15.2 Å². The molecular weight excluding hydrogens is 244 g/mol. The molecule has 0 aliphatic rings. The zero-order chi connectivity index (χ0) is 13.8. The molecule has 0 spiro atoms. The first-order chi connectivity index (χ1) is 9.11. The lowest BCUT2D eigenvalue weighted by molar-refractivity contribution is 0.0983. The predicted molar refractivity (Wildman–Crippen MR) is 71.2 cm³/mol. The fraction of sp³-hybridized carbons (Fsp3) is 0.308. The highest BCUT2D eigenvalue weighted by molar-refractivity contribution is 6.03. The molecule has 100 valence electrons. The second-order valence-corrected chi connectivity index (χ2v) is 4.24. The number of rotatable bonds is 4. The summed E-state index contributed by atoms with van der Waals surface area (Å²) >= 11 is 0. The maximum absolute atomic E-state index is 12.2. The molecule has 0 saturated carbocycles. The highest BCUT2D eigenvalue weighted by atomic mass is 16.3. The summed E-state index contributed by atoms with van der Waals surface area (Å²) in [5, 5.41) is 15.9. The third kappa shape index (κ3) is 2.90. The molecule has 0 aliphatic carbocycles. The van der Waals surface area contributed by atoms with Crippen molar-refractivity contribution in [2.75, 3.05) is 11.9 Å². The van der Waals surface area contributed by atoms with Gasteiger partial charge in [0.1, 0.15) is 11.6 Å². The summed E-state index contributed by atoms with van der Waals surface area (Å²) < 4.78 is 0. The van der Waals surface area contributed by atoms with Crippen LogP contribution in [0, 0.1) is 0 Å². The highest BCUT2D eigenvalue weighted by Crippen LogP contribution is 2.18. The van der Waals surface area contributed by atoms with Gasteiger partial charge in [0.15, 0.2) is 0 Å². The van der Waals surface area contributed by atoms with Crippen molar-refractivity contribution in [1.29, 1.82) is 0 Å². The van der Waals surface area contributed by atoms with Crippen LogP contribution in [-0.2, 0) is 6.42 Å². The lowest BCUT2D eigenvalue weighted by Gasteiger charge is -2.15. The van der Waals surface area contributed by atoms with Gasteiger partial charge in [-0.15, -0.1) is 5.10 Å². The molecule has 6 heteroatoms. The average molecular weight is 260 g/mol. The SMILES string of the molecule is CCCc1nc(C(=O)N(C)c2ccc(O)cc2)n[nH]1. The zero-order valence-electron chi connectivity index (χ0n) is 10.9. The molecule has 1 amide bonds. The molecule has 0 radical (unpaired) electrons. The van der Waals surface area contributed by atoms with E-state index in [1.54, 1.807) is 19.2 Å². The molecule has 0 unspecified atom stereocenters. The van der Waals surface area contributed by atoms with Crippen LogP contribution < -0.4 is 4.90 Å². The molecular formula is C13H16N4O2. The van der Waals surface area contributed by atoms with Crippen LogP contribution in [0.5, 0.6) is 5.75 Å². The number of aromatic nitrogens is 3. The van der Waals surface area contributed by atoms with Crippen LogP contribution in [0.3, 0.4) is 0 Å². The Morgan fingerprint density at radius 3 is 2.68 bits per heavy atom. The number of carbonyl (C=O) groups is 1. The number of aromatic hydroxyl groups is 1. The Bertz CT molecular complexity index is 562. The normalized spacial score (nSPS) is 10.4. The molecule has 1 heterocycles. The number of aromatic amines is 1. The molecule has 6 nitrogen and oxygen atoms in total. The van der Waals surface area contributed by atoms with Gasteiger partial charge in [-0.2, -0.15) is 0 Å². The van der Waals surface area contributed by atoms with Gasteiger partial charge < -0.3 is 10.0 Å². The summed E-state index contributed by atoms with van der Waals surface area (Å²) in [7, 11) is 1.64. The van der Waals surface area contributed by atoms with E-state index in [1.807, 2.05) is 6.92 Å². The first kappa shape index (κ1) is 13.1. The van der Waals surface area contributed by atoms with Crippen LogP contribution in [0.1, 0.15) is 29.8 Å². The van der Waals surface area contributed by atoms with Gasteiger partial charge in [-0.1, -0.05) is 6.92 Å². The van der Waals surface area contributed by atoms with Gasteiger partial charge in [0.05, 0.1) is 0 Å². The number of hydrogen-bond donors (Lipinski definition) is 2. The largest absolute Gasteiger partial charge is 0.508 e. The van der Waals surface area contributed by atoms with Gasteiger partial charge >= 0.3 is 0 Å². The van der Waals surface area contributed by atoms with Gasteiger partial charge in [-0.3, -0.25) is 9.89 Å². The molecule has 0 fully saturated rings. The second kappa shape index (κ2) is 5.51. The molecule has 19 heavy (non-hydrogen) atoms. The minimum absolute atomic E-state index is 0.152. The van der Waals surface area contributed by atoms with E-state index < -0.39 is 0 Å². The number of amides is 1. The van der Waals surface area contributed by atoms with Crippen molar-refractivity contribution in [2.24, 2.45) is 0 Å². The minimum atomic E-state index is -0.288. The number of nitrogens with one attached hydrogen (secondary N) is 1. The summed E-state index contributed by atoms with van der Waals surface area (Å²) in [5.41, 5.74) is 0.671. The van der Waals surface area contributed by atoms with E-state index in [2.05, 4.69) is 15.2 Å².